The Bertz CT molecular complexity index is 128. The molecule has 0 aliphatic heterocycles. The highest BCUT2D eigenvalue weighted by Gasteiger charge is 2.16. The minimum Gasteiger partial charge on any atom is -0.326 e. The van der Waals surface area contributed by atoms with Gasteiger partial charge in [-0.25, -0.2) is 5.09 Å². The molecule has 0 rings (SSSR count). The van der Waals surface area contributed by atoms with Gasteiger partial charge in [0.2, 0.25) is 0 Å². The quantitative estimate of drug-likeness (QED) is 0.628. The number of nitrogens with one attached hydrogen (secondary N) is 1. The second kappa shape index (κ2) is 3.62. The Hall–Kier alpha value is 0.500. The van der Waals surface area contributed by atoms with Crippen molar-refractivity contribution in [2.75, 3.05) is 7.05 Å². The van der Waals surface area contributed by atoms with Crippen LogP contribution >= 0.6 is 18.1 Å². The smallest absolute Gasteiger partial charge is 0.323 e. The van der Waals surface area contributed by atoms with Crippen LogP contribution in [0.3, 0.4) is 0 Å². The lowest BCUT2D eigenvalue weighted by molar-refractivity contribution is 0.488. The van der Waals surface area contributed by atoms with Crippen LogP contribution in [0.25, 0.3) is 0 Å². The standard InChI is InChI=1S/C4H12NO2PS/c1-4(2)9-8(6,7)5-3/h4H,1-3H3,(H2,5,6,7). The van der Waals surface area contributed by atoms with Crippen molar-refractivity contribution in [3.05, 3.63) is 0 Å². The monoisotopic (exact) mass is 169 g/mol. The molecule has 3 nitrogen and oxygen atoms in total. The molecule has 0 aromatic heterocycles. The van der Waals surface area contributed by atoms with Crippen LogP contribution in [-0.2, 0) is 4.57 Å². The molecule has 0 aromatic carbocycles. The van der Waals surface area contributed by atoms with Crippen molar-refractivity contribution in [2.45, 2.75) is 19.1 Å². The first-order chi connectivity index (χ1) is 3.98. The molecule has 0 spiro atoms. The van der Waals surface area contributed by atoms with Gasteiger partial charge in [0.1, 0.15) is 0 Å². The number of rotatable bonds is 3. The summed E-state index contributed by atoms with van der Waals surface area (Å²) >= 11 is 1.06. The molecule has 1 unspecified atom stereocenters. The second-order valence-electron chi connectivity index (χ2n) is 1.90. The number of hydrogen-bond donors (Lipinski definition) is 2. The zero-order valence-corrected chi connectivity index (χ0v) is 7.50. The normalized spacial score (nSPS) is 17.9. The van der Waals surface area contributed by atoms with Crippen LogP contribution in [0.1, 0.15) is 13.8 Å². The van der Waals surface area contributed by atoms with Gasteiger partial charge in [0.25, 0.3) is 0 Å². The molecule has 0 amide bonds. The summed E-state index contributed by atoms with van der Waals surface area (Å²) in [6.45, 7) is 0.697. The Morgan fingerprint density at radius 2 is 2.11 bits per heavy atom. The maximum Gasteiger partial charge on any atom is 0.323 e. The van der Waals surface area contributed by atoms with Gasteiger partial charge >= 0.3 is 6.72 Å². The van der Waals surface area contributed by atoms with E-state index in [9.17, 15) is 4.57 Å². The van der Waals surface area contributed by atoms with Gasteiger partial charge in [0.15, 0.2) is 0 Å². The Morgan fingerprint density at radius 1 is 1.67 bits per heavy atom. The van der Waals surface area contributed by atoms with Crippen molar-refractivity contribution in [1.82, 2.24) is 5.09 Å². The Kier molecular flexibility index (Phi) is 3.82. The molecule has 0 saturated heterocycles. The zero-order valence-electron chi connectivity index (χ0n) is 5.79. The molecular weight excluding hydrogens is 157 g/mol. The van der Waals surface area contributed by atoms with Crippen molar-refractivity contribution in [2.24, 2.45) is 0 Å². The van der Waals surface area contributed by atoms with Crippen molar-refractivity contribution in [3.63, 3.8) is 0 Å². The fraction of sp³-hybridized carbons (Fsp3) is 1.00. The third kappa shape index (κ3) is 4.97. The molecule has 1 atom stereocenters. The van der Waals surface area contributed by atoms with Crippen LogP contribution in [0.5, 0.6) is 0 Å². The van der Waals surface area contributed by atoms with E-state index in [0.29, 0.717) is 0 Å². The van der Waals surface area contributed by atoms with Gasteiger partial charge in [0.05, 0.1) is 0 Å². The lowest BCUT2D eigenvalue weighted by Crippen LogP contribution is -2.00. The van der Waals surface area contributed by atoms with E-state index in [4.69, 9.17) is 4.89 Å². The molecule has 5 heteroatoms. The summed E-state index contributed by atoms with van der Waals surface area (Å²) in [4.78, 5) is 8.90. The van der Waals surface area contributed by atoms with E-state index in [0.717, 1.165) is 11.4 Å². The highest BCUT2D eigenvalue weighted by molar-refractivity contribution is 8.56. The maximum atomic E-state index is 10.8. The zero-order chi connectivity index (χ0) is 7.49. The summed E-state index contributed by atoms with van der Waals surface area (Å²) in [6.07, 6.45) is 0. The Labute approximate surface area is 59.5 Å². The van der Waals surface area contributed by atoms with E-state index in [2.05, 4.69) is 5.09 Å². The van der Waals surface area contributed by atoms with E-state index < -0.39 is 6.72 Å². The molecule has 0 aliphatic rings. The van der Waals surface area contributed by atoms with Crippen molar-refractivity contribution in [1.29, 1.82) is 0 Å². The maximum absolute atomic E-state index is 10.8. The highest BCUT2D eigenvalue weighted by atomic mass is 32.7. The van der Waals surface area contributed by atoms with Crippen LogP contribution < -0.4 is 5.09 Å². The number of hydrogen-bond acceptors (Lipinski definition) is 2. The largest absolute Gasteiger partial charge is 0.326 e. The highest BCUT2D eigenvalue weighted by Crippen LogP contribution is 2.51. The summed E-state index contributed by atoms with van der Waals surface area (Å²) in [6, 6.07) is 0. The first-order valence-electron chi connectivity index (χ1n) is 2.68. The molecule has 9 heavy (non-hydrogen) atoms. The summed E-state index contributed by atoms with van der Waals surface area (Å²) in [5.41, 5.74) is 0. The van der Waals surface area contributed by atoms with E-state index in [1.165, 1.54) is 7.05 Å². The minimum atomic E-state index is -3.06. The SMILES string of the molecule is CNP(=O)(O)SC(C)C. The molecule has 0 fully saturated rings. The van der Waals surface area contributed by atoms with Crippen LogP contribution in [-0.4, -0.2) is 17.2 Å². The van der Waals surface area contributed by atoms with E-state index in [1.54, 1.807) is 0 Å². The summed E-state index contributed by atoms with van der Waals surface area (Å²) in [7, 11) is 1.48. The predicted octanol–water partition coefficient (Wildman–Crippen LogP) is 1.45. The summed E-state index contributed by atoms with van der Waals surface area (Å²) in [5.74, 6) is 0. The van der Waals surface area contributed by atoms with Gasteiger partial charge < -0.3 is 4.89 Å². The molecule has 2 N–H and O–H groups in total. The molecule has 0 bridgehead atoms. The fourth-order valence-electron chi connectivity index (χ4n) is 0.338. The van der Waals surface area contributed by atoms with Crippen LogP contribution in [0.4, 0.5) is 0 Å². The van der Waals surface area contributed by atoms with Crippen LogP contribution in [0.2, 0.25) is 0 Å². The van der Waals surface area contributed by atoms with E-state index in [-0.39, 0.29) is 5.25 Å². The molecule has 0 radical (unpaired) electrons. The van der Waals surface area contributed by atoms with Gasteiger partial charge in [-0.15, -0.1) is 0 Å². The Morgan fingerprint density at radius 3 is 2.22 bits per heavy atom. The average molecular weight is 169 g/mol. The lowest BCUT2D eigenvalue weighted by atomic mass is 10.6. The van der Waals surface area contributed by atoms with E-state index >= 15 is 0 Å². The third-order valence-electron chi connectivity index (χ3n) is 0.636. The third-order valence-corrected chi connectivity index (χ3v) is 4.58. The minimum absolute atomic E-state index is 0.188. The van der Waals surface area contributed by atoms with Gasteiger partial charge in [-0.3, -0.25) is 4.57 Å². The predicted molar refractivity (Wildman–Crippen MR) is 41.6 cm³/mol. The van der Waals surface area contributed by atoms with Gasteiger partial charge in [-0.2, -0.15) is 0 Å². The van der Waals surface area contributed by atoms with Crippen molar-refractivity contribution < 1.29 is 9.46 Å². The summed E-state index contributed by atoms with van der Waals surface area (Å²) < 4.78 is 10.8. The topological polar surface area (TPSA) is 49.3 Å². The Balaban J connectivity index is 3.73. The first-order valence-corrected chi connectivity index (χ1v) is 5.82. The molecular formula is C4H12NO2PS. The van der Waals surface area contributed by atoms with Crippen LogP contribution in [0.15, 0.2) is 0 Å². The van der Waals surface area contributed by atoms with Gasteiger partial charge in [-0.1, -0.05) is 25.2 Å². The fourth-order valence-corrected chi connectivity index (χ4v) is 3.05. The lowest BCUT2D eigenvalue weighted by Gasteiger charge is -2.10. The van der Waals surface area contributed by atoms with Crippen LogP contribution in [0, 0.1) is 0 Å². The molecule has 0 aliphatic carbocycles. The second-order valence-corrected chi connectivity index (χ2v) is 6.66. The van der Waals surface area contributed by atoms with Crippen molar-refractivity contribution in [3.8, 4) is 0 Å². The first kappa shape index (κ1) is 9.50. The molecule has 0 saturated carbocycles. The van der Waals surface area contributed by atoms with E-state index in [1.807, 2.05) is 13.8 Å². The van der Waals surface area contributed by atoms with Gasteiger partial charge in [-0.05, 0) is 7.05 Å². The van der Waals surface area contributed by atoms with Gasteiger partial charge in [0, 0.05) is 5.25 Å². The summed E-state index contributed by atoms with van der Waals surface area (Å²) in [5, 5.41) is 2.53. The molecule has 0 aromatic rings. The average Bonchev–Trinajstić information content (AvgIpc) is 1.63. The van der Waals surface area contributed by atoms with Crippen molar-refractivity contribution >= 4 is 18.1 Å². The molecule has 56 valence electrons. The molecule has 0 heterocycles.